The predicted octanol–water partition coefficient (Wildman–Crippen LogP) is 0.728. The summed E-state index contributed by atoms with van der Waals surface area (Å²) in [5, 5.41) is 0. The van der Waals surface area contributed by atoms with E-state index in [1.165, 1.54) is 6.08 Å². The Morgan fingerprint density at radius 3 is 2.31 bits per heavy atom. The summed E-state index contributed by atoms with van der Waals surface area (Å²) in [6, 6.07) is 0. The number of carbonyl (C=O) groups excluding carboxylic acids is 2. The van der Waals surface area contributed by atoms with E-state index in [2.05, 4.69) is 16.1 Å². The van der Waals surface area contributed by atoms with Crippen molar-refractivity contribution in [3.8, 4) is 0 Å². The molecule has 0 rings (SSSR count). The molecule has 0 aromatic rings. The maximum absolute atomic E-state index is 11.4. The zero-order valence-corrected chi connectivity index (χ0v) is 9.52. The summed E-state index contributed by atoms with van der Waals surface area (Å²) in [4.78, 5) is 25.1. The second-order valence-corrected chi connectivity index (χ2v) is 3.84. The van der Waals surface area contributed by atoms with Crippen LogP contribution in [0.4, 0.5) is 0 Å². The first kappa shape index (κ1) is 14.1. The minimum atomic E-state index is -1.06. The van der Waals surface area contributed by atoms with Crippen LogP contribution in [0.3, 0.4) is 0 Å². The maximum atomic E-state index is 11.4. The Hall–Kier alpha value is -1.94. The van der Waals surface area contributed by atoms with Crippen LogP contribution < -0.4 is 0 Å². The summed E-state index contributed by atoms with van der Waals surface area (Å²) in [7, 11) is 0. The normalized spacial score (nSPS) is 9.94. The van der Waals surface area contributed by atoms with Crippen molar-refractivity contribution in [3.63, 3.8) is 0 Å². The van der Waals surface area contributed by atoms with Gasteiger partial charge in [-0.3, -0.25) is 0 Å². The average Bonchev–Trinajstić information content (AvgIpc) is 2.12. The second kappa shape index (κ2) is 5.82. The van der Waals surface area contributed by atoms with E-state index in [4.69, 9.17) is 10.3 Å². The number of rotatable bonds is 4. The molecule has 0 atom stereocenters. The molecule has 0 aliphatic rings. The highest BCUT2D eigenvalue weighted by atomic mass is 16.6. The van der Waals surface area contributed by atoms with Crippen molar-refractivity contribution in [1.29, 1.82) is 0 Å². The van der Waals surface area contributed by atoms with E-state index in [1.54, 1.807) is 20.8 Å². The van der Waals surface area contributed by atoms with Crippen molar-refractivity contribution < 1.29 is 23.9 Å². The fourth-order valence-electron chi connectivity index (χ4n) is 0.694. The third kappa shape index (κ3) is 5.07. The number of ether oxygens (including phenoxy) is 2. The van der Waals surface area contributed by atoms with Gasteiger partial charge >= 0.3 is 17.7 Å². The van der Waals surface area contributed by atoms with E-state index in [9.17, 15) is 9.59 Å². The van der Waals surface area contributed by atoms with E-state index >= 15 is 0 Å². The molecule has 0 spiro atoms. The Balaban J connectivity index is 4.64. The fraction of sp³-hybridized carbons (Fsp3) is 0.500. The van der Waals surface area contributed by atoms with E-state index in [0.717, 1.165) is 0 Å². The van der Waals surface area contributed by atoms with Gasteiger partial charge in [0, 0.05) is 0 Å². The molecule has 0 aromatic heterocycles. The van der Waals surface area contributed by atoms with Gasteiger partial charge in [0.2, 0.25) is 0 Å². The lowest BCUT2D eigenvalue weighted by Crippen LogP contribution is -2.34. The molecule has 0 saturated carbocycles. The molecule has 88 valence electrons. The van der Waals surface area contributed by atoms with Gasteiger partial charge in [-0.05, 0) is 20.8 Å². The number of esters is 2. The topological polar surface area (TPSA) is 89.0 Å². The highest BCUT2D eigenvalue weighted by molar-refractivity contribution is 6.60. The Morgan fingerprint density at radius 2 is 1.94 bits per heavy atom. The molecule has 0 radical (unpaired) electrons. The van der Waals surface area contributed by atoms with Gasteiger partial charge in [0.25, 0.3) is 0 Å². The predicted molar refractivity (Wildman–Crippen MR) is 55.6 cm³/mol. The third-order valence-electron chi connectivity index (χ3n) is 1.22. The smallest absolute Gasteiger partial charge is 0.452 e. The van der Waals surface area contributed by atoms with Crippen molar-refractivity contribution in [1.82, 2.24) is 0 Å². The minimum Gasteiger partial charge on any atom is -0.452 e. The molecule has 0 N–H and O–H groups in total. The lowest BCUT2D eigenvalue weighted by molar-refractivity contribution is -0.155. The summed E-state index contributed by atoms with van der Waals surface area (Å²) >= 11 is 0. The first-order valence-electron chi connectivity index (χ1n) is 4.55. The molecule has 0 aromatic carbocycles. The quantitative estimate of drug-likeness (QED) is 0.176. The molecule has 0 unspecified atom stereocenters. The van der Waals surface area contributed by atoms with Crippen molar-refractivity contribution >= 4 is 17.7 Å². The number of nitrogens with zero attached hydrogens (tertiary/aromatic N) is 2. The largest absolute Gasteiger partial charge is 0.482 e. The van der Waals surface area contributed by atoms with Crippen molar-refractivity contribution in [2.24, 2.45) is 0 Å². The molecule has 0 saturated heterocycles. The van der Waals surface area contributed by atoms with Crippen LogP contribution in [0.5, 0.6) is 0 Å². The summed E-state index contributed by atoms with van der Waals surface area (Å²) in [6.07, 6.45) is 1.32. The monoisotopic (exact) mass is 226 g/mol. The Labute approximate surface area is 93.5 Å². The highest BCUT2D eigenvalue weighted by Gasteiger charge is 2.35. The van der Waals surface area contributed by atoms with Gasteiger partial charge in [0.1, 0.15) is 12.2 Å². The molecule has 6 heteroatoms. The van der Waals surface area contributed by atoms with E-state index in [0.29, 0.717) is 0 Å². The summed E-state index contributed by atoms with van der Waals surface area (Å²) < 4.78 is 9.37. The van der Waals surface area contributed by atoms with Crippen LogP contribution in [0.15, 0.2) is 12.7 Å². The number of hydrogen-bond donors (Lipinski definition) is 0. The Morgan fingerprint density at radius 1 is 1.38 bits per heavy atom. The molecule has 16 heavy (non-hydrogen) atoms. The van der Waals surface area contributed by atoms with Crippen molar-refractivity contribution in [3.05, 3.63) is 18.2 Å². The molecule has 0 aliphatic heterocycles. The van der Waals surface area contributed by atoms with Gasteiger partial charge in [-0.2, -0.15) is 4.79 Å². The van der Waals surface area contributed by atoms with Crippen molar-refractivity contribution in [2.45, 2.75) is 26.4 Å². The summed E-state index contributed by atoms with van der Waals surface area (Å²) in [6.45, 7) is 8.10. The lowest BCUT2D eigenvalue weighted by atomic mass is 10.2. The van der Waals surface area contributed by atoms with Crippen LogP contribution in [-0.4, -0.2) is 34.6 Å². The fourth-order valence-corrected chi connectivity index (χ4v) is 0.694. The van der Waals surface area contributed by atoms with Crippen LogP contribution in [0.25, 0.3) is 5.53 Å². The molecule has 0 heterocycles. The SMILES string of the molecule is C=CCOC(=O)C(=[N+]=[N-])C(=O)OC(C)(C)C. The van der Waals surface area contributed by atoms with E-state index < -0.39 is 23.3 Å². The van der Waals surface area contributed by atoms with Crippen LogP contribution in [0.2, 0.25) is 0 Å². The molecule has 0 fully saturated rings. The van der Waals surface area contributed by atoms with Gasteiger partial charge in [-0.1, -0.05) is 12.7 Å². The Bertz CT molecular complexity index is 348. The first-order chi connectivity index (χ1) is 7.31. The zero-order valence-electron chi connectivity index (χ0n) is 9.52. The van der Waals surface area contributed by atoms with E-state index in [1.807, 2.05) is 0 Å². The molecule has 6 nitrogen and oxygen atoms in total. The minimum absolute atomic E-state index is 0.0827. The maximum Gasteiger partial charge on any atom is 0.482 e. The van der Waals surface area contributed by atoms with E-state index in [-0.39, 0.29) is 6.61 Å². The van der Waals surface area contributed by atoms with Gasteiger partial charge < -0.3 is 15.0 Å². The van der Waals surface area contributed by atoms with Crippen LogP contribution >= 0.6 is 0 Å². The van der Waals surface area contributed by atoms with Gasteiger partial charge in [0.15, 0.2) is 0 Å². The van der Waals surface area contributed by atoms with Crippen LogP contribution in [-0.2, 0) is 19.1 Å². The molecular formula is C10H14N2O4. The van der Waals surface area contributed by atoms with Crippen molar-refractivity contribution in [2.75, 3.05) is 6.61 Å². The second-order valence-electron chi connectivity index (χ2n) is 3.84. The first-order valence-corrected chi connectivity index (χ1v) is 4.55. The molecular weight excluding hydrogens is 212 g/mol. The highest BCUT2D eigenvalue weighted by Crippen LogP contribution is 2.07. The molecule has 0 aliphatic carbocycles. The van der Waals surface area contributed by atoms with Crippen LogP contribution in [0, 0.1) is 0 Å². The molecule has 0 amide bonds. The van der Waals surface area contributed by atoms with Crippen LogP contribution in [0.1, 0.15) is 20.8 Å². The van der Waals surface area contributed by atoms with Gasteiger partial charge in [-0.15, -0.1) is 0 Å². The zero-order chi connectivity index (χ0) is 12.8. The summed E-state index contributed by atoms with van der Waals surface area (Å²) in [5.41, 5.74) is 6.94. The molecule has 0 bridgehead atoms. The number of hydrogen-bond acceptors (Lipinski definition) is 4. The lowest BCUT2D eigenvalue weighted by Gasteiger charge is -2.17. The summed E-state index contributed by atoms with van der Waals surface area (Å²) in [5.74, 6) is -2.10. The average molecular weight is 226 g/mol. The number of carbonyl (C=O) groups is 2. The van der Waals surface area contributed by atoms with Gasteiger partial charge in [-0.25, -0.2) is 9.59 Å². The standard InChI is InChI=1S/C10H14N2O4/c1-5-6-15-8(13)7(12-11)9(14)16-10(2,3)4/h5H,1,6H2,2-4H3. The Kier molecular flexibility index (Phi) is 5.12. The third-order valence-corrected chi connectivity index (χ3v) is 1.22. The van der Waals surface area contributed by atoms with Gasteiger partial charge in [0.05, 0.1) is 0 Å².